The van der Waals surface area contributed by atoms with Crippen molar-refractivity contribution >= 4 is 50.0 Å². The van der Waals surface area contributed by atoms with Crippen molar-refractivity contribution < 1.29 is 9.52 Å². The predicted octanol–water partition coefficient (Wildman–Crippen LogP) is 5.02. The summed E-state index contributed by atoms with van der Waals surface area (Å²) < 4.78 is 6.58. The van der Waals surface area contributed by atoms with E-state index in [-0.39, 0.29) is 17.1 Å². The quantitative estimate of drug-likeness (QED) is 0.310. The van der Waals surface area contributed by atoms with Crippen molar-refractivity contribution in [2.24, 2.45) is 0 Å². The van der Waals surface area contributed by atoms with Crippen LogP contribution in [0.1, 0.15) is 5.01 Å². The van der Waals surface area contributed by atoms with E-state index in [1.54, 1.807) is 0 Å². The normalized spacial score (nSPS) is 12.3. The summed E-state index contributed by atoms with van der Waals surface area (Å²) in [5.74, 6) is 0.153. The molecule has 0 aliphatic carbocycles. The van der Waals surface area contributed by atoms with Crippen LogP contribution in [-0.4, -0.2) is 20.8 Å². The number of aromatic nitrogens is 2. The van der Waals surface area contributed by atoms with E-state index in [2.05, 4.69) is 16.0 Å². The first kappa shape index (κ1) is 15.7. The van der Waals surface area contributed by atoms with Gasteiger partial charge in [-0.25, -0.2) is 9.97 Å². The number of para-hydroxylation sites is 3. The summed E-state index contributed by atoms with van der Waals surface area (Å²) in [7, 11) is 0. The Kier molecular flexibility index (Phi) is 4.14. The molecule has 0 bridgehead atoms. The van der Waals surface area contributed by atoms with Gasteiger partial charge in [-0.05, 0) is 24.3 Å². The van der Waals surface area contributed by atoms with Gasteiger partial charge in [-0.1, -0.05) is 36.0 Å². The summed E-state index contributed by atoms with van der Waals surface area (Å²) in [6.07, 6.45) is 0. The topological polar surface area (TPSA) is 82.9 Å². The van der Waals surface area contributed by atoms with Gasteiger partial charge in [0.15, 0.2) is 5.58 Å². The Morgan fingerprint density at radius 1 is 1.12 bits per heavy atom. The van der Waals surface area contributed by atoms with Crippen molar-refractivity contribution in [3.05, 3.63) is 59.3 Å². The number of oxazole rings is 1. The maximum absolute atomic E-state index is 10.4. The number of benzene rings is 2. The molecule has 4 aromatic rings. The molecule has 4 rings (SSSR count). The monoisotopic (exact) mass is 365 g/mol. The Labute approximate surface area is 151 Å². The minimum absolute atomic E-state index is 0.0335. The molecule has 0 amide bonds. The highest BCUT2D eigenvalue weighted by Gasteiger charge is 2.15. The van der Waals surface area contributed by atoms with Crippen LogP contribution in [0, 0.1) is 11.3 Å². The van der Waals surface area contributed by atoms with Crippen molar-refractivity contribution in [3.8, 4) is 6.07 Å². The summed E-state index contributed by atoms with van der Waals surface area (Å²) in [6, 6.07) is 17.2. The number of nitriles is 1. The number of rotatable bonds is 4. The molecule has 0 saturated heterocycles. The molecule has 0 fully saturated rings. The molecule has 0 aliphatic rings. The number of thioether (sulfide) groups is 1. The van der Waals surface area contributed by atoms with Gasteiger partial charge in [-0.3, -0.25) is 0 Å². The van der Waals surface area contributed by atoms with Gasteiger partial charge < -0.3 is 9.52 Å². The molecule has 122 valence electrons. The lowest BCUT2D eigenvalue weighted by atomic mass is 10.2. The van der Waals surface area contributed by atoms with Crippen molar-refractivity contribution in [3.63, 3.8) is 0 Å². The van der Waals surface area contributed by atoms with Crippen LogP contribution in [0.15, 0.2) is 63.9 Å². The summed E-state index contributed by atoms with van der Waals surface area (Å²) >= 11 is 2.62. The van der Waals surface area contributed by atoms with Gasteiger partial charge in [-0.15, -0.1) is 11.3 Å². The molecule has 0 unspecified atom stereocenters. The van der Waals surface area contributed by atoms with Crippen LogP contribution >= 0.6 is 23.1 Å². The molecule has 7 heteroatoms. The van der Waals surface area contributed by atoms with Crippen LogP contribution < -0.4 is 0 Å². The van der Waals surface area contributed by atoms with E-state index >= 15 is 0 Å². The first-order valence-electron chi connectivity index (χ1n) is 7.41. The first-order valence-corrected chi connectivity index (χ1v) is 9.21. The molecule has 2 heterocycles. The van der Waals surface area contributed by atoms with Gasteiger partial charge in [0.25, 0.3) is 5.22 Å². The van der Waals surface area contributed by atoms with E-state index in [1.807, 2.05) is 48.5 Å². The van der Waals surface area contributed by atoms with Gasteiger partial charge in [0.1, 0.15) is 27.9 Å². The Morgan fingerprint density at radius 2 is 1.88 bits per heavy atom. The third kappa shape index (κ3) is 3.09. The van der Waals surface area contributed by atoms with E-state index in [0.29, 0.717) is 15.8 Å². The largest absolute Gasteiger partial charge is 0.510 e. The molecule has 25 heavy (non-hydrogen) atoms. The molecule has 2 aromatic heterocycles. The molecular formula is C18H11N3O2S2. The number of nitrogens with zero attached hydrogens (tertiary/aromatic N) is 3. The molecule has 1 N–H and O–H groups in total. The van der Waals surface area contributed by atoms with Crippen LogP contribution in [0.25, 0.3) is 26.9 Å². The zero-order valence-electron chi connectivity index (χ0n) is 12.8. The highest BCUT2D eigenvalue weighted by Crippen LogP contribution is 2.30. The zero-order valence-corrected chi connectivity index (χ0v) is 14.5. The second kappa shape index (κ2) is 6.59. The van der Waals surface area contributed by atoms with Gasteiger partial charge in [0.2, 0.25) is 0 Å². The van der Waals surface area contributed by atoms with Gasteiger partial charge in [0, 0.05) is 0 Å². The Hall–Kier alpha value is -2.82. The van der Waals surface area contributed by atoms with E-state index < -0.39 is 0 Å². The molecule has 2 aromatic carbocycles. The SMILES string of the molecule is N#C/C(=C(/O)CSc1nc2ccccc2o1)c1nc2ccccc2s1. The van der Waals surface area contributed by atoms with Gasteiger partial charge in [0.05, 0.1) is 16.0 Å². The Morgan fingerprint density at radius 3 is 2.64 bits per heavy atom. The van der Waals surface area contributed by atoms with E-state index in [9.17, 15) is 10.4 Å². The van der Waals surface area contributed by atoms with E-state index in [1.165, 1.54) is 23.1 Å². The number of hydrogen-bond acceptors (Lipinski definition) is 7. The molecule has 0 spiro atoms. The van der Waals surface area contributed by atoms with E-state index in [0.717, 1.165) is 15.7 Å². The predicted molar refractivity (Wildman–Crippen MR) is 99.5 cm³/mol. The number of aliphatic hydroxyl groups excluding tert-OH is 1. The highest BCUT2D eigenvalue weighted by molar-refractivity contribution is 7.99. The first-order chi connectivity index (χ1) is 12.2. The molecule has 0 saturated carbocycles. The number of hydrogen-bond donors (Lipinski definition) is 1. The van der Waals surface area contributed by atoms with Crippen molar-refractivity contribution in [1.29, 1.82) is 5.26 Å². The fraction of sp³-hybridized carbons (Fsp3) is 0.0556. The molecule has 0 radical (unpaired) electrons. The summed E-state index contributed by atoms with van der Waals surface area (Å²) in [6.45, 7) is 0. The lowest BCUT2D eigenvalue weighted by molar-refractivity contribution is 0.419. The average Bonchev–Trinajstić information content (AvgIpc) is 3.23. The van der Waals surface area contributed by atoms with Crippen molar-refractivity contribution in [1.82, 2.24) is 9.97 Å². The second-order valence-electron chi connectivity index (χ2n) is 5.16. The lowest BCUT2D eigenvalue weighted by Gasteiger charge is -1.99. The Balaban J connectivity index is 1.60. The zero-order chi connectivity index (χ0) is 17.2. The Bertz CT molecular complexity index is 1070. The summed E-state index contributed by atoms with van der Waals surface area (Å²) in [4.78, 5) is 8.77. The van der Waals surface area contributed by atoms with Gasteiger partial charge in [-0.2, -0.15) is 5.26 Å². The average molecular weight is 365 g/mol. The van der Waals surface area contributed by atoms with Crippen LogP contribution in [0.2, 0.25) is 0 Å². The lowest BCUT2D eigenvalue weighted by Crippen LogP contribution is -1.92. The smallest absolute Gasteiger partial charge is 0.257 e. The maximum atomic E-state index is 10.4. The highest BCUT2D eigenvalue weighted by atomic mass is 32.2. The number of thiazole rings is 1. The minimum Gasteiger partial charge on any atom is -0.510 e. The minimum atomic E-state index is -0.0335. The third-order valence-electron chi connectivity index (χ3n) is 3.51. The molecule has 0 aliphatic heterocycles. The van der Waals surface area contributed by atoms with Crippen molar-refractivity contribution in [2.45, 2.75) is 5.22 Å². The van der Waals surface area contributed by atoms with Crippen LogP contribution in [0.4, 0.5) is 0 Å². The van der Waals surface area contributed by atoms with Crippen LogP contribution in [0.5, 0.6) is 0 Å². The molecule has 0 atom stereocenters. The van der Waals surface area contributed by atoms with Crippen LogP contribution in [-0.2, 0) is 0 Å². The fourth-order valence-corrected chi connectivity index (χ4v) is 4.03. The number of fused-ring (bicyclic) bond motifs is 2. The second-order valence-corrected chi connectivity index (χ2v) is 7.11. The van der Waals surface area contributed by atoms with E-state index in [4.69, 9.17) is 4.42 Å². The third-order valence-corrected chi connectivity index (χ3v) is 5.41. The van der Waals surface area contributed by atoms with Crippen LogP contribution in [0.3, 0.4) is 0 Å². The summed E-state index contributed by atoms with van der Waals surface area (Å²) in [5.41, 5.74) is 2.46. The molecular weight excluding hydrogens is 354 g/mol. The van der Waals surface area contributed by atoms with Gasteiger partial charge >= 0.3 is 0 Å². The number of allylic oxidation sites excluding steroid dienone is 1. The summed E-state index contributed by atoms with van der Waals surface area (Å²) in [5, 5.41) is 20.8. The fourth-order valence-electron chi connectivity index (χ4n) is 2.33. The standard InChI is InChI=1S/C18H11N3O2S2/c19-9-11(17-20-13-6-2-4-8-16(13)25-17)14(22)10-24-18-21-12-5-1-3-7-15(12)23-18/h1-8,22H,10H2/b14-11-. The molecule has 5 nitrogen and oxygen atoms in total. The number of aliphatic hydroxyl groups is 1. The maximum Gasteiger partial charge on any atom is 0.257 e. The van der Waals surface area contributed by atoms with Crippen molar-refractivity contribution in [2.75, 3.05) is 5.75 Å².